The lowest BCUT2D eigenvalue weighted by molar-refractivity contribution is -0.137. The van der Waals surface area contributed by atoms with Gasteiger partial charge in [-0.25, -0.2) is 18.1 Å². The Hall–Kier alpha value is -3.10. The number of anilines is 1. The molecule has 0 radical (unpaired) electrons. The summed E-state index contributed by atoms with van der Waals surface area (Å²) in [5, 5.41) is 13.3. The molecule has 7 nitrogen and oxygen atoms in total. The Balaban J connectivity index is 1.41. The normalized spacial score (nSPS) is 19.3. The number of nitrogens with zero attached hydrogens (tertiary/aromatic N) is 2. The molecule has 1 fully saturated rings. The number of alkyl halides is 3. The highest BCUT2D eigenvalue weighted by Crippen LogP contribution is 2.32. The number of halogens is 3. The Bertz CT molecular complexity index is 1220. The number of pyridine rings is 1. The summed E-state index contributed by atoms with van der Waals surface area (Å²) in [6.45, 7) is 0. The van der Waals surface area contributed by atoms with Crippen molar-refractivity contribution in [3.8, 4) is 6.07 Å². The number of nitriles is 1. The highest BCUT2D eigenvalue weighted by Gasteiger charge is 2.34. The lowest BCUT2D eigenvalue weighted by Crippen LogP contribution is -2.49. The van der Waals surface area contributed by atoms with E-state index < -0.39 is 21.8 Å². The zero-order valence-electron chi connectivity index (χ0n) is 15.4. The third-order valence-electron chi connectivity index (χ3n) is 5.01. The van der Waals surface area contributed by atoms with Crippen LogP contribution in [0, 0.1) is 11.3 Å². The first-order chi connectivity index (χ1) is 14.2. The van der Waals surface area contributed by atoms with E-state index in [0.29, 0.717) is 29.7 Å². The van der Waals surface area contributed by atoms with Crippen LogP contribution < -0.4 is 10.0 Å². The Morgan fingerprint density at radius 1 is 1.13 bits per heavy atom. The summed E-state index contributed by atoms with van der Waals surface area (Å²) in [4.78, 5) is 6.91. The fourth-order valence-electron chi connectivity index (χ4n) is 3.39. The number of aromatic amines is 1. The van der Waals surface area contributed by atoms with E-state index in [4.69, 9.17) is 0 Å². The second kappa shape index (κ2) is 7.30. The molecule has 2 heterocycles. The van der Waals surface area contributed by atoms with Gasteiger partial charge in [0.2, 0.25) is 10.0 Å². The van der Waals surface area contributed by atoms with Crippen molar-refractivity contribution in [2.75, 3.05) is 5.32 Å². The van der Waals surface area contributed by atoms with E-state index in [9.17, 15) is 26.9 Å². The minimum Gasteiger partial charge on any atom is -0.380 e. The van der Waals surface area contributed by atoms with Gasteiger partial charge in [0.1, 0.15) is 11.7 Å². The molecule has 11 heteroatoms. The Labute approximate surface area is 170 Å². The van der Waals surface area contributed by atoms with Gasteiger partial charge in [-0.1, -0.05) is 0 Å². The van der Waals surface area contributed by atoms with Gasteiger partial charge >= 0.3 is 6.18 Å². The lowest BCUT2D eigenvalue weighted by Gasteiger charge is -2.37. The second-order valence-corrected chi connectivity index (χ2v) is 8.77. The van der Waals surface area contributed by atoms with Crippen molar-refractivity contribution in [3.63, 3.8) is 0 Å². The van der Waals surface area contributed by atoms with Crippen molar-refractivity contribution < 1.29 is 21.6 Å². The molecule has 3 N–H and O–H groups in total. The molecule has 30 heavy (non-hydrogen) atoms. The first kappa shape index (κ1) is 20.2. The highest BCUT2D eigenvalue weighted by atomic mass is 32.2. The van der Waals surface area contributed by atoms with Crippen LogP contribution in [0.5, 0.6) is 0 Å². The molecule has 0 bridgehead atoms. The number of fused-ring (bicyclic) bond motifs is 1. The maximum Gasteiger partial charge on any atom is 0.416 e. The van der Waals surface area contributed by atoms with E-state index in [0.717, 1.165) is 29.7 Å². The SMILES string of the molecule is N#Cc1cnc2[nH]ccc2c1N[C@H]1C[C@@H](NS(=O)(=O)c2ccc(C(F)(F)F)cc2)C1. The molecule has 1 aliphatic rings. The van der Waals surface area contributed by atoms with E-state index in [2.05, 4.69) is 26.1 Å². The van der Waals surface area contributed by atoms with E-state index in [-0.39, 0.29) is 17.0 Å². The van der Waals surface area contributed by atoms with Crippen LogP contribution in [0.1, 0.15) is 24.0 Å². The van der Waals surface area contributed by atoms with Crippen molar-refractivity contribution in [2.24, 2.45) is 0 Å². The number of benzene rings is 1. The molecular formula is C19H16F3N5O2S. The van der Waals surface area contributed by atoms with Gasteiger partial charge in [-0.05, 0) is 43.2 Å². The minimum atomic E-state index is -4.53. The Morgan fingerprint density at radius 2 is 1.83 bits per heavy atom. The van der Waals surface area contributed by atoms with Crippen LogP contribution in [-0.4, -0.2) is 30.5 Å². The summed E-state index contributed by atoms with van der Waals surface area (Å²) in [5.74, 6) is 0. The molecule has 4 rings (SSSR count). The predicted molar refractivity (Wildman–Crippen MR) is 103 cm³/mol. The van der Waals surface area contributed by atoms with Gasteiger partial charge in [-0.3, -0.25) is 0 Å². The van der Waals surface area contributed by atoms with Gasteiger partial charge in [0.25, 0.3) is 0 Å². The van der Waals surface area contributed by atoms with Gasteiger partial charge in [0, 0.05) is 29.9 Å². The molecule has 0 aliphatic heterocycles. The Morgan fingerprint density at radius 3 is 2.47 bits per heavy atom. The summed E-state index contributed by atoms with van der Waals surface area (Å²) in [6, 6.07) is 6.85. The topological polar surface area (TPSA) is 111 Å². The second-order valence-electron chi connectivity index (χ2n) is 7.05. The lowest BCUT2D eigenvalue weighted by atomic mass is 9.87. The largest absolute Gasteiger partial charge is 0.416 e. The van der Waals surface area contributed by atoms with E-state index in [1.165, 1.54) is 6.20 Å². The summed E-state index contributed by atoms with van der Waals surface area (Å²) < 4.78 is 65.3. The van der Waals surface area contributed by atoms with Gasteiger partial charge < -0.3 is 10.3 Å². The summed E-state index contributed by atoms with van der Waals surface area (Å²) >= 11 is 0. The zero-order chi connectivity index (χ0) is 21.5. The molecule has 156 valence electrons. The smallest absolute Gasteiger partial charge is 0.380 e. The van der Waals surface area contributed by atoms with Crippen LogP contribution in [0.15, 0.2) is 47.6 Å². The number of nitrogens with one attached hydrogen (secondary N) is 3. The summed E-state index contributed by atoms with van der Waals surface area (Å²) in [6.07, 6.45) is -0.406. The van der Waals surface area contributed by atoms with Crippen LogP contribution >= 0.6 is 0 Å². The summed E-state index contributed by atoms with van der Waals surface area (Å²) in [5.41, 5.74) is 0.750. The molecule has 3 aromatic rings. The van der Waals surface area contributed by atoms with Crippen molar-refractivity contribution in [2.45, 2.75) is 36.0 Å². The molecule has 0 spiro atoms. The first-order valence-electron chi connectivity index (χ1n) is 9.00. The number of rotatable bonds is 5. The third-order valence-corrected chi connectivity index (χ3v) is 6.54. The molecule has 1 aliphatic carbocycles. The van der Waals surface area contributed by atoms with Crippen molar-refractivity contribution in [1.82, 2.24) is 14.7 Å². The van der Waals surface area contributed by atoms with Gasteiger partial charge in [0.15, 0.2) is 0 Å². The summed E-state index contributed by atoms with van der Waals surface area (Å²) in [7, 11) is -3.93. The molecular weight excluding hydrogens is 419 g/mol. The van der Waals surface area contributed by atoms with Crippen LogP contribution in [0.2, 0.25) is 0 Å². The molecule has 1 aromatic carbocycles. The van der Waals surface area contributed by atoms with Crippen LogP contribution in [0.4, 0.5) is 18.9 Å². The number of sulfonamides is 1. The predicted octanol–water partition coefficient (Wildman–Crippen LogP) is 3.37. The van der Waals surface area contributed by atoms with E-state index in [1.807, 2.05) is 0 Å². The van der Waals surface area contributed by atoms with Crippen molar-refractivity contribution >= 4 is 26.7 Å². The Kier molecular flexibility index (Phi) is 4.91. The van der Waals surface area contributed by atoms with Crippen molar-refractivity contribution in [1.29, 1.82) is 5.26 Å². The molecule has 0 unspecified atom stereocenters. The first-order valence-corrected chi connectivity index (χ1v) is 10.5. The number of hydrogen-bond donors (Lipinski definition) is 3. The van der Waals surface area contributed by atoms with Crippen molar-refractivity contribution in [3.05, 3.63) is 53.9 Å². The van der Waals surface area contributed by atoms with Crippen LogP contribution in [-0.2, 0) is 16.2 Å². The monoisotopic (exact) mass is 435 g/mol. The van der Waals surface area contributed by atoms with Crippen LogP contribution in [0.3, 0.4) is 0 Å². The zero-order valence-corrected chi connectivity index (χ0v) is 16.2. The van der Waals surface area contributed by atoms with Crippen LogP contribution in [0.25, 0.3) is 11.0 Å². The van der Waals surface area contributed by atoms with Gasteiger partial charge in [-0.2, -0.15) is 18.4 Å². The van der Waals surface area contributed by atoms with E-state index in [1.54, 1.807) is 12.3 Å². The van der Waals surface area contributed by atoms with E-state index >= 15 is 0 Å². The number of aromatic nitrogens is 2. The number of H-pyrrole nitrogens is 1. The molecule has 2 aromatic heterocycles. The minimum absolute atomic E-state index is 0.0575. The van der Waals surface area contributed by atoms with Gasteiger partial charge in [0.05, 0.1) is 21.7 Å². The molecule has 0 amide bonds. The average Bonchev–Trinajstić information content (AvgIpc) is 3.14. The number of hydrogen-bond acceptors (Lipinski definition) is 5. The fourth-order valence-corrected chi connectivity index (χ4v) is 4.66. The average molecular weight is 435 g/mol. The fraction of sp³-hybridized carbons (Fsp3) is 0.263. The third kappa shape index (κ3) is 3.83. The maximum absolute atomic E-state index is 12.6. The molecule has 0 atom stereocenters. The maximum atomic E-state index is 12.6. The molecule has 0 saturated heterocycles. The molecule has 1 saturated carbocycles. The van der Waals surface area contributed by atoms with Gasteiger partial charge in [-0.15, -0.1) is 0 Å². The quantitative estimate of drug-likeness (QED) is 0.569. The standard InChI is InChI=1S/C19H16F3N5O2S/c20-19(21,22)12-1-3-15(4-2-12)30(28,29)27-14-7-13(8-14)26-17-11(9-23)10-25-18-16(17)5-6-24-18/h1-6,10,13-14,27H,7-8H2,(H2,24,25,26)/t13-,14+. The highest BCUT2D eigenvalue weighted by molar-refractivity contribution is 7.89.